The number of benzene rings is 1. The van der Waals surface area contributed by atoms with Crippen LogP contribution in [0.25, 0.3) is 0 Å². The second-order valence-electron chi connectivity index (χ2n) is 4.54. The van der Waals surface area contributed by atoms with Crippen molar-refractivity contribution in [3.63, 3.8) is 0 Å². The Morgan fingerprint density at radius 3 is 2.88 bits per heavy atom. The topological polar surface area (TPSA) is 35.8 Å². The summed E-state index contributed by atoms with van der Waals surface area (Å²) in [6.45, 7) is 2.34. The number of hydrogen-bond acceptors (Lipinski definition) is 2. The number of rotatable bonds is 3. The van der Waals surface area contributed by atoms with Crippen molar-refractivity contribution in [1.82, 2.24) is 5.32 Å². The smallest absolute Gasteiger partial charge is 0.0991 e. The highest BCUT2D eigenvalue weighted by Crippen LogP contribution is 2.19. The maximum Gasteiger partial charge on any atom is 0.0991 e. The lowest BCUT2D eigenvalue weighted by molar-refractivity contribution is 0.354. The van der Waals surface area contributed by atoms with Crippen LogP contribution in [0.5, 0.6) is 0 Å². The van der Waals surface area contributed by atoms with Gasteiger partial charge < -0.3 is 5.32 Å². The molecule has 0 radical (unpaired) electrons. The van der Waals surface area contributed by atoms with Crippen molar-refractivity contribution in [3.05, 3.63) is 35.4 Å². The molecule has 2 heteroatoms. The summed E-state index contributed by atoms with van der Waals surface area (Å²) in [7, 11) is 0. The first-order valence-corrected chi connectivity index (χ1v) is 6.08. The Kier molecular flexibility index (Phi) is 3.96. The molecule has 1 N–H and O–H groups in total. The van der Waals surface area contributed by atoms with E-state index < -0.39 is 0 Å². The number of nitrogens with one attached hydrogen (secondary N) is 1. The summed E-state index contributed by atoms with van der Waals surface area (Å²) in [4.78, 5) is 0. The van der Waals surface area contributed by atoms with E-state index in [0.29, 0.717) is 0 Å². The lowest BCUT2D eigenvalue weighted by atomic mass is 9.91. The van der Waals surface area contributed by atoms with E-state index in [1.807, 2.05) is 18.2 Å². The summed E-state index contributed by atoms with van der Waals surface area (Å²) in [6.07, 6.45) is 4.98. The number of piperidine rings is 1. The zero-order valence-electron chi connectivity index (χ0n) is 9.58. The van der Waals surface area contributed by atoms with Crippen LogP contribution in [0.15, 0.2) is 24.3 Å². The number of nitriles is 1. The van der Waals surface area contributed by atoms with Gasteiger partial charge in [0.2, 0.25) is 0 Å². The van der Waals surface area contributed by atoms with Crippen LogP contribution in [-0.2, 0) is 6.42 Å². The summed E-state index contributed by atoms with van der Waals surface area (Å²) in [5, 5.41) is 12.2. The van der Waals surface area contributed by atoms with E-state index in [2.05, 4.69) is 17.5 Å². The number of aryl methyl sites for hydroxylation is 1. The number of nitrogens with zero attached hydrogens (tertiary/aromatic N) is 1. The van der Waals surface area contributed by atoms with Crippen LogP contribution in [0.2, 0.25) is 0 Å². The van der Waals surface area contributed by atoms with Gasteiger partial charge in [-0.05, 0) is 62.4 Å². The molecule has 1 aromatic rings. The third kappa shape index (κ3) is 3.08. The molecular formula is C14H18N2. The number of hydrogen-bond donors (Lipinski definition) is 1. The van der Waals surface area contributed by atoms with Crippen LogP contribution < -0.4 is 5.32 Å². The Balaban J connectivity index is 1.86. The molecule has 16 heavy (non-hydrogen) atoms. The van der Waals surface area contributed by atoms with Crippen molar-refractivity contribution in [2.24, 2.45) is 5.92 Å². The first-order valence-electron chi connectivity index (χ1n) is 6.08. The van der Waals surface area contributed by atoms with Crippen molar-refractivity contribution in [2.75, 3.05) is 13.1 Å². The standard InChI is InChI=1S/C14H18N2/c15-11-14-3-1-2-13(10-14)5-4-12-6-8-16-9-7-12/h1-3,10,12,16H,4-9H2. The zero-order valence-corrected chi connectivity index (χ0v) is 9.58. The summed E-state index contributed by atoms with van der Waals surface area (Å²) in [5.41, 5.74) is 2.08. The van der Waals surface area contributed by atoms with E-state index >= 15 is 0 Å². The maximum atomic E-state index is 8.82. The third-order valence-electron chi connectivity index (χ3n) is 3.36. The van der Waals surface area contributed by atoms with E-state index in [9.17, 15) is 0 Å². The highest BCUT2D eigenvalue weighted by Gasteiger charge is 2.12. The van der Waals surface area contributed by atoms with Gasteiger partial charge in [0.1, 0.15) is 0 Å². The van der Waals surface area contributed by atoms with Gasteiger partial charge in [0.05, 0.1) is 11.6 Å². The summed E-state index contributed by atoms with van der Waals surface area (Å²) >= 11 is 0. The van der Waals surface area contributed by atoms with Gasteiger partial charge in [-0.3, -0.25) is 0 Å². The van der Waals surface area contributed by atoms with Crippen LogP contribution >= 0.6 is 0 Å². The monoisotopic (exact) mass is 214 g/mol. The summed E-state index contributed by atoms with van der Waals surface area (Å²) < 4.78 is 0. The molecule has 2 nitrogen and oxygen atoms in total. The van der Waals surface area contributed by atoms with E-state index in [1.54, 1.807) is 0 Å². The van der Waals surface area contributed by atoms with Gasteiger partial charge in [-0.25, -0.2) is 0 Å². The first-order chi connectivity index (χ1) is 7.88. The highest BCUT2D eigenvalue weighted by molar-refractivity contribution is 5.32. The van der Waals surface area contributed by atoms with Gasteiger partial charge in [0, 0.05) is 0 Å². The van der Waals surface area contributed by atoms with E-state index in [1.165, 1.54) is 37.9 Å². The van der Waals surface area contributed by atoms with Gasteiger partial charge in [-0.2, -0.15) is 5.26 Å². The zero-order chi connectivity index (χ0) is 11.2. The van der Waals surface area contributed by atoms with Crippen molar-refractivity contribution in [1.29, 1.82) is 5.26 Å². The molecule has 1 aliphatic heterocycles. The normalized spacial score (nSPS) is 16.9. The quantitative estimate of drug-likeness (QED) is 0.839. The van der Waals surface area contributed by atoms with Crippen molar-refractivity contribution >= 4 is 0 Å². The Morgan fingerprint density at radius 1 is 1.31 bits per heavy atom. The molecule has 0 amide bonds. The van der Waals surface area contributed by atoms with Gasteiger partial charge >= 0.3 is 0 Å². The van der Waals surface area contributed by atoms with Crippen molar-refractivity contribution in [3.8, 4) is 6.07 Å². The molecule has 1 aromatic carbocycles. The van der Waals surface area contributed by atoms with Crippen molar-refractivity contribution in [2.45, 2.75) is 25.7 Å². The minimum atomic E-state index is 0.780. The lowest BCUT2D eigenvalue weighted by Crippen LogP contribution is -2.27. The molecule has 2 rings (SSSR count). The Bertz CT molecular complexity index is 373. The Morgan fingerprint density at radius 2 is 2.12 bits per heavy atom. The molecule has 0 bridgehead atoms. The third-order valence-corrected chi connectivity index (χ3v) is 3.36. The molecule has 1 fully saturated rings. The molecule has 0 unspecified atom stereocenters. The van der Waals surface area contributed by atoms with Gasteiger partial charge in [0.25, 0.3) is 0 Å². The second kappa shape index (κ2) is 5.67. The fraction of sp³-hybridized carbons (Fsp3) is 0.500. The fourth-order valence-corrected chi connectivity index (χ4v) is 2.34. The van der Waals surface area contributed by atoms with Gasteiger partial charge in [-0.1, -0.05) is 12.1 Å². The highest BCUT2D eigenvalue weighted by atomic mass is 14.9. The molecule has 1 heterocycles. The predicted molar refractivity (Wildman–Crippen MR) is 65.1 cm³/mol. The minimum Gasteiger partial charge on any atom is -0.317 e. The first kappa shape index (κ1) is 11.2. The average Bonchev–Trinajstić information content (AvgIpc) is 2.38. The molecule has 0 saturated carbocycles. The predicted octanol–water partition coefficient (Wildman–Crippen LogP) is 2.49. The SMILES string of the molecule is N#Cc1cccc(CCC2CCNCC2)c1. The van der Waals surface area contributed by atoms with Crippen LogP contribution in [0.3, 0.4) is 0 Å². The molecular weight excluding hydrogens is 196 g/mol. The molecule has 1 aliphatic rings. The van der Waals surface area contributed by atoms with Crippen LogP contribution in [-0.4, -0.2) is 13.1 Å². The van der Waals surface area contributed by atoms with Gasteiger partial charge in [0.15, 0.2) is 0 Å². The molecule has 1 saturated heterocycles. The average molecular weight is 214 g/mol. The Labute approximate surface area is 97.3 Å². The fourth-order valence-electron chi connectivity index (χ4n) is 2.34. The largest absolute Gasteiger partial charge is 0.317 e. The van der Waals surface area contributed by atoms with E-state index in [4.69, 9.17) is 5.26 Å². The van der Waals surface area contributed by atoms with Crippen LogP contribution in [0.1, 0.15) is 30.4 Å². The van der Waals surface area contributed by atoms with E-state index in [0.717, 1.165) is 17.9 Å². The second-order valence-corrected chi connectivity index (χ2v) is 4.54. The Hall–Kier alpha value is -1.33. The molecule has 0 spiro atoms. The molecule has 84 valence electrons. The maximum absolute atomic E-state index is 8.82. The lowest BCUT2D eigenvalue weighted by Gasteiger charge is -2.22. The summed E-state index contributed by atoms with van der Waals surface area (Å²) in [6, 6.07) is 10.2. The summed E-state index contributed by atoms with van der Waals surface area (Å²) in [5.74, 6) is 0.868. The minimum absolute atomic E-state index is 0.780. The molecule has 0 aliphatic carbocycles. The van der Waals surface area contributed by atoms with Crippen LogP contribution in [0.4, 0.5) is 0 Å². The van der Waals surface area contributed by atoms with E-state index in [-0.39, 0.29) is 0 Å². The van der Waals surface area contributed by atoms with Gasteiger partial charge in [-0.15, -0.1) is 0 Å². The molecule has 0 aromatic heterocycles. The molecule has 0 atom stereocenters. The van der Waals surface area contributed by atoms with Crippen molar-refractivity contribution < 1.29 is 0 Å². The van der Waals surface area contributed by atoms with Crippen LogP contribution in [0, 0.1) is 17.2 Å².